The van der Waals surface area contributed by atoms with Crippen LogP contribution < -0.4 is 10.9 Å². The van der Waals surface area contributed by atoms with E-state index < -0.39 is 0 Å². The number of rotatable bonds is 6. The van der Waals surface area contributed by atoms with Crippen LogP contribution in [0.4, 0.5) is 0 Å². The van der Waals surface area contributed by atoms with E-state index >= 15 is 0 Å². The van der Waals surface area contributed by atoms with Gasteiger partial charge in [0.15, 0.2) is 5.69 Å². The molecule has 0 spiro atoms. The van der Waals surface area contributed by atoms with Gasteiger partial charge in [0.25, 0.3) is 11.5 Å². The van der Waals surface area contributed by atoms with Crippen molar-refractivity contribution in [2.75, 3.05) is 19.8 Å². The Hall–Kier alpha value is -2.41. The second-order valence-electron chi connectivity index (χ2n) is 8.97. The Kier molecular flexibility index (Phi) is 7.07. The largest absolute Gasteiger partial charge is 0.381 e. The number of ether oxygens (including phenoxy) is 1. The zero-order chi connectivity index (χ0) is 23.6. The van der Waals surface area contributed by atoms with E-state index in [1.165, 1.54) is 4.68 Å². The molecular weight excluding hydrogens is 461 g/mol. The van der Waals surface area contributed by atoms with E-state index in [9.17, 15) is 9.59 Å². The van der Waals surface area contributed by atoms with Gasteiger partial charge in [-0.05, 0) is 42.5 Å². The lowest BCUT2D eigenvalue weighted by molar-refractivity contribution is 0.0487. The van der Waals surface area contributed by atoms with Crippen LogP contribution in [-0.4, -0.2) is 35.4 Å². The van der Waals surface area contributed by atoms with Crippen LogP contribution in [0, 0.1) is 5.92 Å². The second kappa shape index (κ2) is 9.84. The highest BCUT2D eigenvalue weighted by Crippen LogP contribution is 2.39. The van der Waals surface area contributed by atoms with Gasteiger partial charge in [-0.25, -0.2) is 4.68 Å². The highest BCUT2D eigenvalue weighted by molar-refractivity contribution is 6.35. The predicted octanol–water partition coefficient (Wildman–Crippen LogP) is 4.84. The Bertz CT molecular complexity index is 1230. The van der Waals surface area contributed by atoms with Crippen molar-refractivity contribution in [1.29, 1.82) is 0 Å². The molecule has 1 fully saturated rings. The Morgan fingerprint density at radius 2 is 1.85 bits per heavy atom. The lowest BCUT2D eigenvalue weighted by Crippen LogP contribution is -2.45. The van der Waals surface area contributed by atoms with E-state index in [1.54, 1.807) is 30.3 Å². The van der Waals surface area contributed by atoms with Crippen LogP contribution >= 0.6 is 23.2 Å². The smallest absolute Gasteiger partial charge is 0.274 e. The van der Waals surface area contributed by atoms with Gasteiger partial charge in [0.05, 0.1) is 5.39 Å². The van der Waals surface area contributed by atoms with E-state index in [2.05, 4.69) is 10.4 Å². The summed E-state index contributed by atoms with van der Waals surface area (Å²) in [5.41, 5.74) is 0.623. The normalized spacial score (nSPS) is 15.7. The third kappa shape index (κ3) is 4.93. The minimum absolute atomic E-state index is 0.190. The molecule has 1 amide bonds. The monoisotopic (exact) mass is 487 g/mol. The molecule has 2 heterocycles. The third-order valence-corrected chi connectivity index (χ3v) is 6.71. The molecule has 0 bridgehead atoms. The molecule has 0 saturated carbocycles. The van der Waals surface area contributed by atoms with E-state index in [1.807, 2.05) is 26.0 Å². The molecule has 1 aliphatic heterocycles. The average molecular weight is 488 g/mol. The zero-order valence-electron chi connectivity index (χ0n) is 18.7. The average Bonchev–Trinajstić information content (AvgIpc) is 2.79. The third-order valence-electron chi connectivity index (χ3n) is 6.16. The van der Waals surface area contributed by atoms with E-state index in [4.69, 9.17) is 27.9 Å². The van der Waals surface area contributed by atoms with E-state index in [0.717, 1.165) is 18.4 Å². The number of fused-ring (bicyclic) bond motifs is 1. The summed E-state index contributed by atoms with van der Waals surface area (Å²) in [6, 6.07) is 12.6. The Morgan fingerprint density at radius 1 is 1.15 bits per heavy atom. The van der Waals surface area contributed by atoms with Crippen LogP contribution in [0.15, 0.2) is 47.3 Å². The van der Waals surface area contributed by atoms with Gasteiger partial charge in [0.2, 0.25) is 0 Å². The number of amides is 1. The summed E-state index contributed by atoms with van der Waals surface area (Å²) in [5.74, 6) is -0.107. The lowest BCUT2D eigenvalue weighted by atomic mass is 9.74. The summed E-state index contributed by atoms with van der Waals surface area (Å²) in [4.78, 5) is 26.3. The molecular formula is C25H27Cl2N3O3. The number of benzene rings is 2. The molecule has 33 heavy (non-hydrogen) atoms. The first-order chi connectivity index (χ1) is 15.8. The van der Waals surface area contributed by atoms with Crippen LogP contribution in [0.3, 0.4) is 0 Å². The molecule has 0 atom stereocenters. The number of carbonyl (C=O) groups is 1. The van der Waals surface area contributed by atoms with Crippen molar-refractivity contribution in [3.63, 3.8) is 0 Å². The molecule has 4 rings (SSSR count). The first-order valence-corrected chi connectivity index (χ1v) is 11.9. The molecule has 3 aromatic rings. The number of carbonyl (C=O) groups excluding carboxylic acids is 1. The van der Waals surface area contributed by atoms with Gasteiger partial charge in [-0.3, -0.25) is 9.59 Å². The van der Waals surface area contributed by atoms with Gasteiger partial charge >= 0.3 is 0 Å². The molecule has 0 unspecified atom stereocenters. The molecule has 8 heteroatoms. The van der Waals surface area contributed by atoms with E-state index in [0.29, 0.717) is 47.1 Å². The number of hydrogen-bond acceptors (Lipinski definition) is 4. The fraction of sp³-hybridized carbons (Fsp3) is 0.400. The van der Waals surface area contributed by atoms with Crippen LogP contribution in [0.1, 0.15) is 42.7 Å². The maximum Gasteiger partial charge on any atom is 0.274 e. The second-order valence-corrected chi connectivity index (χ2v) is 9.82. The zero-order valence-corrected chi connectivity index (χ0v) is 20.2. The number of nitrogens with zero attached hydrogens (tertiary/aromatic N) is 2. The van der Waals surface area contributed by atoms with Crippen molar-refractivity contribution in [3.05, 3.63) is 74.1 Å². The van der Waals surface area contributed by atoms with Crippen LogP contribution in [0.25, 0.3) is 10.8 Å². The molecule has 6 nitrogen and oxygen atoms in total. The highest BCUT2D eigenvalue weighted by Gasteiger charge is 2.37. The number of aromatic nitrogens is 2. The topological polar surface area (TPSA) is 73.2 Å². The SMILES string of the molecule is CC(C)Cn1nc(C(=O)NCC2(c3ccc(Cl)cc3Cl)CCOCC2)c2ccccc2c1=O. The van der Waals surface area contributed by atoms with Crippen molar-refractivity contribution in [1.82, 2.24) is 15.1 Å². The van der Waals surface area contributed by atoms with Crippen LogP contribution in [-0.2, 0) is 16.7 Å². The molecule has 1 aliphatic rings. The molecule has 174 valence electrons. The summed E-state index contributed by atoms with van der Waals surface area (Å²) in [7, 11) is 0. The van der Waals surface area contributed by atoms with Crippen molar-refractivity contribution in [2.24, 2.45) is 5.92 Å². The number of nitrogens with one attached hydrogen (secondary N) is 1. The molecule has 0 radical (unpaired) electrons. The fourth-order valence-corrected chi connectivity index (χ4v) is 5.04. The van der Waals surface area contributed by atoms with Gasteiger partial charge in [-0.2, -0.15) is 5.10 Å². The maximum atomic E-state index is 13.4. The standard InChI is InChI=1S/C25H27Cl2N3O3/c1-16(2)14-30-24(32)19-6-4-3-5-18(19)22(29-30)23(31)28-15-25(9-11-33-12-10-25)20-8-7-17(26)13-21(20)27/h3-8,13,16H,9-12,14-15H2,1-2H3,(H,28,31). The maximum absolute atomic E-state index is 13.4. The molecule has 1 N–H and O–H groups in total. The number of halogens is 2. The van der Waals surface area contributed by atoms with Crippen molar-refractivity contribution in [3.8, 4) is 0 Å². The minimum atomic E-state index is -0.377. The lowest BCUT2D eigenvalue weighted by Gasteiger charge is -2.38. The Balaban J connectivity index is 1.68. The Morgan fingerprint density at radius 3 is 2.52 bits per heavy atom. The quantitative estimate of drug-likeness (QED) is 0.539. The highest BCUT2D eigenvalue weighted by atomic mass is 35.5. The van der Waals surface area contributed by atoms with E-state index in [-0.39, 0.29) is 28.5 Å². The summed E-state index contributed by atoms with van der Waals surface area (Å²) < 4.78 is 6.98. The first kappa shape index (κ1) is 23.7. The van der Waals surface area contributed by atoms with Crippen LogP contribution in [0.5, 0.6) is 0 Å². The predicted molar refractivity (Wildman–Crippen MR) is 131 cm³/mol. The summed E-state index contributed by atoms with van der Waals surface area (Å²) in [6.45, 7) is 5.98. The van der Waals surface area contributed by atoms with Crippen LogP contribution in [0.2, 0.25) is 10.0 Å². The van der Waals surface area contributed by atoms with Gasteiger partial charge < -0.3 is 10.1 Å². The summed E-state index contributed by atoms with van der Waals surface area (Å²) >= 11 is 12.7. The molecule has 1 saturated heterocycles. The van der Waals surface area contributed by atoms with Gasteiger partial charge in [0.1, 0.15) is 0 Å². The molecule has 0 aliphatic carbocycles. The van der Waals surface area contributed by atoms with Crippen molar-refractivity contribution < 1.29 is 9.53 Å². The first-order valence-electron chi connectivity index (χ1n) is 11.1. The van der Waals surface area contributed by atoms with Gasteiger partial charge in [-0.1, -0.05) is 61.3 Å². The van der Waals surface area contributed by atoms with Gasteiger partial charge in [-0.15, -0.1) is 0 Å². The Labute approximate surface area is 202 Å². The summed E-state index contributed by atoms with van der Waals surface area (Å²) in [6.07, 6.45) is 1.44. The van der Waals surface area contributed by atoms with Crippen molar-refractivity contribution in [2.45, 2.75) is 38.6 Å². The van der Waals surface area contributed by atoms with Crippen molar-refractivity contribution >= 4 is 39.9 Å². The number of hydrogen-bond donors (Lipinski definition) is 1. The molecule has 1 aromatic heterocycles. The minimum Gasteiger partial charge on any atom is -0.381 e. The van der Waals surface area contributed by atoms with Gasteiger partial charge in [0, 0.05) is 47.1 Å². The molecule has 2 aromatic carbocycles. The summed E-state index contributed by atoms with van der Waals surface area (Å²) in [5, 5.41) is 9.71. The fourth-order valence-electron chi connectivity index (χ4n) is 4.43.